The van der Waals surface area contributed by atoms with Gasteiger partial charge in [0, 0.05) is 5.92 Å². The van der Waals surface area contributed by atoms with Crippen molar-refractivity contribution < 1.29 is 4.39 Å². The van der Waals surface area contributed by atoms with Gasteiger partial charge < -0.3 is 0 Å². The molecule has 0 aliphatic carbocycles. The number of hydrogen-bond donors (Lipinski definition) is 0. The minimum absolute atomic E-state index is 0.161. The van der Waals surface area contributed by atoms with E-state index in [2.05, 4.69) is 16.5 Å². The van der Waals surface area contributed by atoms with E-state index in [1.165, 1.54) is 11.8 Å². The Balaban J connectivity index is 3.24. The first-order valence-corrected chi connectivity index (χ1v) is 5.60. The monoisotopic (exact) mass is 232 g/mol. The number of hydrogen-bond acceptors (Lipinski definition) is 3. The van der Waals surface area contributed by atoms with Crippen molar-refractivity contribution in [3.05, 3.63) is 29.3 Å². The van der Waals surface area contributed by atoms with Gasteiger partial charge in [-0.3, -0.25) is 0 Å². The van der Waals surface area contributed by atoms with E-state index in [4.69, 9.17) is 11.6 Å². The molecule has 5 heteroatoms. The van der Waals surface area contributed by atoms with Crippen LogP contribution in [-0.4, -0.2) is 16.2 Å². The quantitative estimate of drug-likeness (QED) is 0.346. The predicted molar refractivity (Wildman–Crippen MR) is 57.4 cm³/mol. The van der Waals surface area contributed by atoms with E-state index in [-0.39, 0.29) is 11.1 Å². The normalized spacial score (nSPS) is 12.6. The molecule has 0 radical (unpaired) electrons. The first kappa shape index (κ1) is 11.5. The van der Waals surface area contributed by atoms with Crippen molar-refractivity contribution in [2.24, 2.45) is 0 Å². The number of allylic oxidation sites excluding steroid dienone is 1. The lowest BCUT2D eigenvalue weighted by Gasteiger charge is -2.09. The lowest BCUT2D eigenvalue weighted by molar-refractivity contribution is 0.541. The van der Waals surface area contributed by atoms with Crippen molar-refractivity contribution in [3.8, 4) is 0 Å². The summed E-state index contributed by atoms with van der Waals surface area (Å²) in [4.78, 5) is 7.63. The molecule has 14 heavy (non-hydrogen) atoms. The van der Waals surface area contributed by atoms with Crippen LogP contribution < -0.4 is 0 Å². The summed E-state index contributed by atoms with van der Waals surface area (Å²) in [6, 6.07) is 0. The van der Waals surface area contributed by atoms with Crippen molar-refractivity contribution >= 4 is 23.4 Å². The summed E-state index contributed by atoms with van der Waals surface area (Å²) in [7, 11) is 0. The van der Waals surface area contributed by atoms with Gasteiger partial charge in [-0.25, -0.2) is 4.98 Å². The van der Waals surface area contributed by atoms with Crippen LogP contribution in [0, 0.1) is 5.95 Å². The minimum Gasteiger partial charge on any atom is -0.210 e. The molecule has 1 unspecified atom stereocenters. The zero-order chi connectivity index (χ0) is 10.7. The van der Waals surface area contributed by atoms with Gasteiger partial charge >= 0.3 is 0 Å². The van der Waals surface area contributed by atoms with Gasteiger partial charge in [-0.15, -0.1) is 6.58 Å². The molecule has 0 saturated heterocycles. The fourth-order valence-electron chi connectivity index (χ4n) is 0.983. The van der Waals surface area contributed by atoms with E-state index >= 15 is 0 Å². The Hall–Kier alpha value is -0.610. The second-order valence-electron chi connectivity index (χ2n) is 2.73. The number of aromatic nitrogens is 2. The molecule has 0 fully saturated rings. The fourth-order valence-corrected chi connectivity index (χ4v) is 1.72. The first-order valence-electron chi connectivity index (χ1n) is 3.99. The van der Waals surface area contributed by atoms with Crippen LogP contribution in [0.1, 0.15) is 18.4 Å². The maximum atomic E-state index is 13.4. The molecule has 2 nitrogen and oxygen atoms in total. The molecule has 0 spiro atoms. The lowest BCUT2D eigenvalue weighted by atomic mass is 10.1. The fraction of sp³-hybridized carbons (Fsp3) is 0.333. The summed E-state index contributed by atoms with van der Waals surface area (Å²) >= 11 is 7.09. The third kappa shape index (κ3) is 2.25. The molecule has 1 atom stereocenters. The van der Waals surface area contributed by atoms with E-state index in [1.807, 2.05) is 0 Å². The van der Waals surface area contributed by atoms with Crippen LogP contribution in [0.25, 0.3) is 0 Å². The number of halogens is 2. The third-order valence-electron chi connectivity index (χ3n) is 1.82. The van der Waals surface area contributed by atoms with Crippen LogP contribution in [0.4, 0.5) is 4.39 Å². The number of thioether (sulfide) groups is 1. The number of rotatable bonds is 3. The molecule has 1 aromatic heterocycles. The van der Waals surface area contributed by atoms with Gasteiger partial charge in [0.25, 0.3) is 0 Å². The summed E-state index contributed by atoms with van der Waals surface area (Å²) in [5.41, 5.74) is 0.305. The van der Waals surface area contributed by atoms with Crippen LogP contribution in [0.3, 0.4) is 0 Å². The Labute approximate surface area is 91.6 Å². The molecule has 0 N–H and O–H groups in total. The van der Waals surface area contributed by atoms with Gasteiger partial charge in [-0.2, -0.15) is 9.37 Å². The molecule has 76 valence electrons. The van der Waals surface area contributed by atoms with Gasteiger partial charge in [-0.05, 0) is 6.26 Å². The molecule has 0 amide bonds. The molecule has 0 bridgehead atoms. The second-order valence-corrected chi connectivity index (χ2v) is 3.86. The standard InChI is InChI=1S/C9H10ClFN2S/c1-4-5(2)6-7(10)12-9(14-3)13-8(6)11/h4-5H,1H2,2-3H3. The maximum absolute atomic E-state index is 13.4. The highest BCUT2D eigenvalue weighted by molar-refractivity contribution is 7.98. The molecule has 0 aliphatic heterocycles. The van der Waals surface area contributed by atoms with Gasteiger partial charge in [-0.1, -0.05) is 36.4 Å². The molecular weight excluding hydrogens is 223 g/mol. The Kier molecular flexibility index (Phi) is 3.89. The van der Waals surface area contributed by atoms with Gasteiger partial charge in [0.05, 0.1) is 5.56 Å². The molecule has 1 rings (SSSR count). The van der Waals surface area contributed by atoms with E-state index in [9.17, 15) is 4.39 Å². The highest BCUT2D eigenvalue weighted by Crippen LogP contribution is 2.27. The van der Waals surface area contributed by atoms with Crippen molar-refractivity contribution in [1.29, 1.82) is 0 Å². The lowest BCUT2D eigenvalue weighted by Crippen LogP contribution is -2.02. The van der Waals surface area contributed by atoms with Crippen molar-refractivity contribution in [2.75, 3.05) is 6.26 Å². The van der Waals surface area contributed by atoms with Crippen LogP contribution in [-0.2, 0) is 0 Å². The zero-order valence-electron chi connectivity index (χ0n) is 7.92. The van der Waals surface area contributed by atoms with E-state index in [0.29, 0.717) is 10.7 Å². The molecule has 0 saturated carbocycles. The predicted octanol–water partition coefficient (Wildman–Crippen LogP) is 3.28. The highest BCUT2D eigenvalue weighted by atomic mass is 35.5. The molecular formula is C9H10ClFN2S. The summed E-state index contributed by atoms with van der Waals surface area (Å²) in [5.74, 6) is -0.750. The summed E-state index contributed by atoms with van der Waals surface area (Å²) < 4.78 is 13.4. The minimum atomic E-state index is -0.568. The van der Waals surface area contributed by atoms with Crippen LogP contribution in [0.5, 0.6) is 0 Å². The van der Waals surface area contributed by atoms with Crippen LogP contribution in [0.15, 0.2) is 17.8 Å². The highest BCUT2D eigenvalue weighted by Gasteiger charge is 2.16. The van der Waals surface area contributed by atoms with E-state index < -0.39 is 5.95 Å². The smallest absolute Gasteiger partial charge is 0.210 e. The van der Waals surface area contributed by atoms with Gasteiger partial charge in [0.15, 0.2) is 5.16 Å². The Morgan fingerprint density at radius 1 is 1.57 bits per heavy atom. The first-order chi connectivity index (χ1) is 6.60. The molecule has 1 heterocycles. The molecule has 1 aromatic rings. The van der Waals surface area contributed by atoms with Crippen LogP contribution >= 0.6 is 23.4 Å². The van der Waals surface area contributed by atoms with Crippen LogP contribution in [0.2, 0.25) is 5.15 Å². The molecule has 0 aromatic carbocycles. The second kappa shape index (κ2) is 4.75. The van der Waals surface area contributed by atoms with Gasteiger partial charge in [0.2, 0.25) is 5.95 Å². The van der Waals surface area contributed by atoms with Crippen molar-refractivity contribution in [2.45, 2.75) is 18.0 Å². The summed E-state index contributed by atoms with van der Waals surface area (Å²) in [6.07, 6.45) is 3.37. The molecule has 0 aliphatic rings. The third-order valence-corrected chi connectivity index (χ3v) is 2.66. The number of nitrogens with zero attached hydrogens (tertiary/aromatic N) is 2. The Morgan fingerprint density at radius 3 is 2.64 bits per heavy atom. The van der Waals surface area contributed by atoms with Crippen molar-refractivity contribution in [3.63, 3.8) is 0 Å². The average Bonchev–Trinajstić information content (AvgIpc) is 2.16. The van der Waals surface area contributed by atoms with Gasteiger partial charge in [0.1, 0.15) is 5.15 Å². The topological polar surface area (TPSA) is 25.8 Å². The maximum Gasteiger partial charge on any atom is 0.222 e. The average molecular weight is 233 g/mol. The zero-order valence-corrected chi connectivity index (χ0v) is 9.49. The van der Waals surface area contributed by atoms with E-state index in [1.54, 1.807) is 19.3 Å². The van der Waals surface area contributed by atoms with E-state index in [0.717, 1.165) is 0 Å². The Morgan fingerprint density at radius 2 is 2.21 bits per heavy atom. The Bertz CT molecular complexity index is 334. The van der Waals surface area contributed by atoms with Crippen molar-refractivity contribution in [1.82, 2.24) is 9.97 Å². The largest absolute Gasteiger partial charge is 0.222 e. The summed E-state index contributed by atoms with van der Waals surface area (Å²) in [5, 5.41) is 0.502. The SMILES string of the molecule is C=CC(C)c1c(F)nc(SC)nc1Cl. The summed E-state index contributed by atoms with van der Waals surface area (Å²) in [6.45, 7) is 5.37.